The van der Waals surface area contributed by atoms with Crippen molar-refractivity contribution in [1.82, 2.24) is 25.0 Å². The molecule has 0 saturated carbocycles. The molecule has 1 N–H and O–H groups in total. The molecular weight excluding hydrogens is 370 g/mol. The van der Waals surface area contributed by atoms with Crippen molar-refractivity contribution in [1.29, 1.82) is 0 Å². The van der Waals surface area contributed by atoms with Crippen LogP contribution in [0.25, 0.3) is 5.82 Å². The lowest BCUT2D eigenvalue weighted by Crippen LogP contribution is -2.32. The van der Waals surface area contributed by atoms with Gasteiger partial charge >= 0.3 is 0 Å². The Bertz CT molecular complexity index is 1030. The molecule has 4 rings (SSSR count). The van der Waals surface area contributed by atoms with Crippen LogP contribution < -0.4 is 5.32 Å². The maximum Gasteiger partial charge on any atom is 0.261 e. The Hall–Kier alpha value is -3.81. The monoisotopic (exact) mass is 389 g/mol. The van der Waals surface area contributed by atoms with Crippen LogP contribution in [0.15, 0.2) is 61.1 Å². The molecule has 3 amide bonds. The van der Waals surface area contributed by atoms with Crippen LogP contribution >= 0.6 is 0 Å². The second kappa shape index (κ2) is 8.05. The first-order valence-electron chi connectivity index (χ1n) is 9.31. The first kappa shape index (κ1) is 18.5. The normalized spacial score (nSPS) is 12.9. The Labute approximate surface area is 167 Å². The number of nitrogens with zero attached hydrogens (tertiary/aromatic N) is 4. The summed E-state index contributed by atoms with van der Waals surface area (Å²) in [6.45, 7) is 0.528. The zero-order chi connectivity index (χ0) is 20.2. The molecule has 0 bridgehead atoms. The number of pyridine rings is 1. The van der Waals surface area contributed by atoms with E-state index in [0.29, 0.717) is 29.9 Å². The first-order valence-corrected chi connectivity index (χ1v) is 9.31. The van der Waals surface area contributed by atoms with Crippen molar-refractivity contribution in [2.75, 3.05) is 6.54 Å². The summed E-state index contributed by atoms with van der Waals surface area (Å²) < 4.78 is 1.64. The third-order valence-corrected chi connectivity index (χ3v) is 4.73. The van der Waals surface area contributed by atoms with E-state index < -0.39 is 0 Å². The van der Waals surface area contributed by atoms with Gasteiger partial charge in [-0.25, -0.2) is 9.67 Å². The number of hydrogen-bond acceptors (Lipinski definition) is 5. The molecule has 0 spiro atoms. The van der Waals surface area contributed by atoms with Crippen LogP contribution in [0.2, 0.25) is 0 Å². The van der Waals surface area contributed by atoms with Gasteiger partial charge in [0.2, 0.25) is 5.91 Å². The summed E-state index contributed by atoms with van der Waals surface area (Å²) >= 11 is 0. The van der Waals surface area contributed by atoms with Crippen molar-refractivity contribution in [2.45, 2.75) is 19.4 Å². The molecule has 1 aromatic carbocycles. The quantitative estimate of drug-likeness (QED) is 0.623. The van der Waals surface area contributed by atoms with Crippen LogP contribution in [0.3, 0.4) is 0 Å². The molecule has 0 fully saturated rings. The Morgan fingerprint density at radius 1 is 0.966 bits per heavy atom. The van der Waals surface area contributed by atoms with Crippen LogP contribution in [0, 0.1) is 0 Å². The molecule has 3 aromatic rings. The topological polar surface area (TPSA) is 97.2 Å². The third-order valence-electron chi connectivity index (χ3n) is 4.73. The molecule has 0 saturated heterocycles. The summed E-state index contributed by atoms with van der Waals surface area (Å²) in [5.41, 5.74) is 1.68. The number of carbonyl (C=O) groups is 3. The minimum absolute atomic E-state index is 0.156. The standard InChI is InChI=1S/C21H19N5O3/c27-18(23-14-15-6-3-10-22-19(15)26-13-5-11-24-26)9-4-12-25-20(28)16-7-1-2-8-17(16)21(25)29/h1-3,5-8,10-11,13H,4,9,12,14H2,(H,23,27). The molecule has 1 aliphatic heterocycles. The summed E-state index contributed by atoms with van der Waals surface area (Å²) in [4.78, 5) is 42.4. The smallest absolute Gasteiger partial charge is 0.261 e. The number of imide groups is 1. The molecule has 1 aliphatic rings. The van der Waals surface area contributed by atoms with E-state index in [1.807, 2.05) is 6.07 Å². The molecular formula is C21H19N5O3. The lowest BCUT2D eigenvalue weighted by atomic mass is 10.1. The summed E-state index contributed by atoms with van der Waals surface area (Å²) in [6.07, 6.45) is 5.73. The number of fused-ring (bicyclic) bond motifs is 1. The number of hydrogen-bond donors (Lipinski definition) is 1. The maximum absolute atomic E-state index is 12.3. The number of carbonyl (C=O) groups excluding carboxylic acids is 3. The van der Waals surface area contributed by atoms with Gasteiger partial charge in [0.15, 0.2) is 5.82 Å². The second-order valence-electron chi connectivity index (χ2n) is 6.62. The molecule has 8 nitrogen and oxygen atoms in total. The third kappa shape index (κ3) is 3.77. The van der Waals surface area contributed by atoms with Crippen LogP contribution in [0.4, 0.5) is 0 Å². The summed E-state index contributed by atoms with van der Waals surface area (Å²) in [5, 5.41) is 7.03. The van der Waals surface area contributed by atoms with Crippen molar-refractivity contribution in [3.8, 4) is 5.82 Å². The van der Waals surface area contributed by atoms with Gasteiger partial charge in [-0.3, -0.25) is 19.3 Å². The Balaban J connectivity index is 1.29. The van der Waals surface area contributed by atoms with Gasteiger partial charge in [-0.15, -0.1) is 0 Å². The molecule has 0 atom stereocenters. The van der Waals surface area contributed by atoms with E-state index in [2.05, 4.69) is 15.4 Å². The van der Waals surface area contributed by atoms with Crippen LogP contribution in [-0.4, -0.2) is 43.9 Å². The molecule has 8 heteroatoms. The predicted octanol–water partition coefficient (Wildman–Crippen LogP) is 1.96. The van der Waals surface area contributed by atoms with Gasteiger partial charge in [0.1, 0.15) is 0 Å². The van der Waals surface area contributed by atoms with Crippen molar-refractivity contribution in [3.63, 3.8) is 0 Å². The summed E-state index contributed by atoms with van der Waals surface area (Å²) in [7, 11) is 0. The van der Waals surface area contributed by atoms with Gasteiger partial charge < -0.3 is 5.32 Å². The zero-order valence-corrected chi connectivity index (χ0v) is 15.6. The van der Waals surface area contributed by atoms with Gasteiger partial charge in [-0.1, -0.05) is 18.2 Å². The second-order valence-corrected chi connectivity index (χ2v) is 6.62. The maximum atomic E-state index is 12.3. The Kier molecular flexibility index (Phi) is 5.15. The van der Waals surface area contributed by atoms with Crippen molar-refractivity contribution >= 4 is 17.7 Å². The number of rotatable bonds is 7. The van der Waals surface area contributed by atoms with E-state index in [9.17, 15) is 14.4 Å². The summed E-state index contributed by atoms with van der Waals surface area (Å²) in [6, 6.07) is 12.2. The van der Waals surface area contributed by atoms with Crippen molar-refractivity contribution in [3.05, 3.63) is 77.7 Å². The number of benzene rings is 1. The van der Waals surface area contributed by atoms with E-state index in [-0.39, 0.29) is 30.7 Å². The van der Waals surface area contributed by atoms with Crippen LogP contribution in [0.5, 0.6) is 0 Å². The first-order chi connectivity index (χ1) is 14.1. The minimum Gasteiger partial charge on any atom is -0.352 e. The molecule has 29 heavy (non-hydrogen) atoms. The van der Waals surface area contributed by atoms with E-state index >= 15 is 0 Å². The minimum atomic E-state index is -0.301. The Morgan fingerprint density at radius 3 is 2.41 bits per heavy atom. The highest BCUT2D eigenvalue weighted by atomic mass is 16.2. The molecule has 0 radical (unpaired) electrons. The highest BCUT2D eigenvalue weighted by Crippen LogP contribution is 2.22. The number of amides is 3. The largest absolute Gasteiger partial charge is 0.352 e. The molecule has 0 aliphatic carbocycles. The van der Waals surface area contributed by atoms with Gasteiger partial charge in [0.25, 0.3) is 11.8 Å². The molecule has 2 aromatic heterocycles. The number of aromatic nitrogens is 3. The summed E-state index contributed by atoms with van der Waals surface area (Å²) in [5.74, 6) is -0.101. The highest BCUT2D eigenvalue weighted by molar-refractivity contribution is 6.21. The predicted molar refractivity (Wildman–Crippen MR) is 104 cm³/mol. The lowest BCUT2D eigenvalue weighted by molar-refractivity contribution is -0.121. The Morgan fingerprint density at radius 2 is 1.72 bits per heavy atom. The molecule has 0 unspecified atom stereocenters. The van der Waals surface area contributed by atoms with Gasteiger partial charge in [0.05, 0.1) is 11.1 Å². The lowest BCUT2D eigenvalue weighted by Gasteiger charge is -2.13. The fraction of sp³-hybridized carbons (Fsp3) is 0.190. The fourth-order valence-corrected chi connectivity index (χ4v) is 3.29. The SMILES string of the molecule is O=C(CCCN1C(=O)c2ccccc2C1=O)NCc1cccnc1-n1cccn1. The van der Waals surface area contributed by atoms with E-state index in [4.69, 9.17) is 0 Å². The van der Waals surface area contributed by atoms with Crippen LogP contribution in [-0.2, 0) is 11.3 Å². The van der Waals surface area contributed by atoms with E-state index in [0.717, 1.165) is 5.56 Å². The van der Waals surface area contributed by atoms with Crippen LogP contribution in [0.1, 0.15) is 39.1 Å². The average Bonchev–Trinajstić information content (AvgIpc) is 3.36. The van der Waals surface area contributed by atoms with Gasteiger partial charge in [-0.05, 0) is 30.7 Å². The van der Waals surface area contributed by atoms with E-state index in [1.165, 1.54) is 4.90 Å². The van der Waals surface area contributed by atoms with Crippen molar-refractivity contribution < 1.29 is 14.4 Å². The molecule has 3 heterocycles. The molecule has 146 valence electrons. The highest BCUT2D eigenvalue weighted by Gasteiger charge is 2.34. The number of nitrogens with one attached hydrogen (secondary N) is 1. The fourth-order valence-electron chi connectivity index (χ4n) is 3.29. The average molecular weight is 389 g/mol. The zero-order valence-electron chi connectivity index (χ0n) is 15.6. The van der Waals surface area contributed by atoms with Crippen molar-refractivity contribution in [2.24, 2.45) is 0 Å². The van der Waals surface area contributed by atoms with E-state index in [1.54, 1.807) is 59.7 Å². The van der Waals surface area contributed by atoms with Gasteiger partial charge in [0, 0.05) is 43.7 Å². The van der Waals surface area contributed by atoms with Gasteiger partial charge in [-0.2, -0.15) is 5.10 Å².